The summed E-state index contributed by atoms with van der Waals surface area (Å²) in [4.78, 5) is 7.57. The second-order valence-corrected chi connectivity index (χ2v) is 2.05. The topological polar surface area (TPSA) is 60.8 Å². The molecule has 0 fully saturated rings. The van der Waals surface area contributed by atoms with Crippen LogP contribution in [0.2, 0.25) is 0 Å². The number of halogens is 3. The zero-order valence-corrected chi connectivity index (χ0v) is 13.7. The average Bonchev–Trinajstić information content (AvgIpc) is 2.24. The Bertz CT molecular complexity index is 197. The smallest absolute Gasteiger partial charge is 0.0267 e. The van der Waals surface area contributed by atoms with E-state index in [4.69, 9.17) is 0 Å². The summed E-state index contributed by atoms with van der Waals surface area (Å²) in [7, 11) is 0. The predicted molar refractivity (Wildman–Crippen MR) is 84.5 cm³/mol. The first-order valence-corrected chi connectivity index (χ1v) is 3.70. The van der Waals surface area contributed by atoms with E-state index in [2.05, 4.69) is 9.97 Å². The molecule has 0 saturated heterocycles. The molecule has 2 heterocycles. The third-order valence-electron chi connectivity index (χ3n) is 1.13. The summed E-state index contributed by atoms with van der Waals surface area (Å²) in [5, 5.41) is 0. The lowest BCUT2D eigenvalue weighted by atomic mass is 10.5. The molecule has 0 aromatic carbocycles. The van der Waals surface area contributed by atoms with Crippen molar-refractivity contribution in [1.82, 2.24) is 16.1 Å². The first-order chi connectivity index (χ1) is 6.00. The summed E-state index contributed by atoms with van der Waals surface area (Å²) in [6.07, 6.45) is 7.00. The second-order valence-electron chi connectivity index (χ2n) is 2.05. The van der Waals surface area contributed by atoms with Gasteiger partial charge in [0.15, 0.2) is 0 Å². The van der Waals surface area contributed by atoms with E-state index in [1.165, 1.54) is 0 Å². The van der Waals surface area contributed by atoms with Crippen LogP contribution in [0.1, 0.15) is 0 Å². The van der Waals surface area contributed by atoms with Gasteiger partial charge in [-0.3, -0.25) is 9.97 Å². The molecule has 92 valence electrons. The van der Waals surface area contributed by atoms with Crippen molar-refractivity contribution in [1.29, 1.82) is 0 Å². The lowest BCUT2D eigenvalue weighted by molar-refractivity contribution is 1.33. The van der Waals surface area contributed by atoms with Crippen LogP contribution in [0.15, 0.2) is 61.2 Å². The predicted octanol–water partition coefficient (Wildman–Crippen LogP) is 4.06. The van der Waals surface area contributed by atoms with Gasteiger partial charge >= 0.3 is 0 Å². The van der Waals surface area contributed by atoms with Crippen molar-refractivity contribution >= 4 is 50.9 Å². The largest absolute Gasteiger partial charge is 0.344 e. The molecule has 0 aliphatic rings. The van der Waals surface area contributed by atoms with Crippen LogP contribution in [-0.2, 0) is 0 Å². The number of pyridine rings is 2. The SMILES string of the molecule is Br.Br.Br.N.c1ccncc1.c1ccncc1. The highest BCUT2D eigenvalue weighted by atomic mass is 79.9. The molecule has 0 radical (unpaired) electrons. The molecule has 0 spiro atoms. The molecule has 3 N–H and O–H groups in total. The highest BCUT2D eigenvalue weighted by Gasteiger charge is 1.59. The van der Waals surface area contributed by atoms with Gasteiger partial charge in [-0.05, 0) is 24.3 Å². The number of hydrogen-bond acceptors (Lipinski definition) is 3. The monoisotopic (exact) mass is 415 g/mol. The minimum absolute atomic E-state index is 0. The molecule has 0 unspecified atom stereocenters. The number of hydrogen-bond donors (Lipinski definition) is 1. The van der Waals surface area contributed by atoms with Crippen LogP contribution in [0.4, 0.5) is 0 Å². The molecule has 0 aliphatic heterocycles. The van der Waals surface area contributed by atoms with Gasteiger partial charge in [0.05, 0.1) is 0 Å². The van der Waals surface area contributed by atoms with Gasteiger partial charge in [0.2, 0.25) is 0 Å². The molecular formula is C10H16Br3N3. The van der Waals surface area contributed by atoms with E-state index in [0.717, 1.165) is 0 Å². The van der Waals surface area contributed by atoms with Crippen molar-refractivity contribution in [3.8, 4) is 0 Å². The summed E-state index contributed by atoms with van der Waals surface area (Å²) in [5.74, 6) is 0. The second kappa shape index (κ2) is 20.2. The third-order valence-corrected chi connectivity index (χ3v) is 1.13. The normalized spacial score (nSPS) is 6.00. The standard InChI is InChI=1S/2C5H5N.3BrH.H3N/c2*1-2-4-6-5-3-1;;;;/h2*1-5H;3*1H;1H3. The summed E-state index contributed by atoms with van der Waals surface area (Å²) >= 11 is 0. The van der Waals surface area contributed by atoms with E-state index < -0.39 is 0 Å². The maximum atomic E-state index is 3.78. The molecule has 0 saturated carbocycles. The Hall–Kier alpha value is -0.300. The van der Waals surface area contributed by atoms with Gasteiger partial charge < -0.3 is 6.15 Å². The highest BCUT2D eigenvalue weighted by Crippen LogP contribution is 1.74. The first-order valence-electron chi connectivity index (χ1n) is 3.70. The number of aromatic nitrogens is 2. The van der Waals surface area contributed by atoms with Crippen LogP contribution in [0.5, 0.6) is 0 Å². The third kappa shape index (κ3) is 16.1. The van der Waals surface area contributed by atoms with Crippen molar-refractivity contribution in [2.24, 2.45) is 0 Å². The van der Waals surface area contributed by atoms with Crippen molar-refractivity contribution in [3.63, 3.8) is 0 Å². The van der Waals surface area contributed by atoms with E-state index in [9.17, 15) is 0 Å². The number of nitrogens with zero attached hydrogens (tertiary/aromatic N) is 2. The minimum Gasteiger partial charge on any atom is -0.344 e. The molecular weight excluding hydrogens is 402 g/mol. The van der Waals surface area contributed by atoms with E-state index in [0.29, 0.717) is 0 Å². The van der Waals surface area contributed by atoms with Gasteiger partial charge in [-0.15, -0.1) is 50.9 Å². The van der Waals surface area contributed by atoms with Gasteiger partial charge in [-0.25, -0.2) is 0 Å². The van der Waals surface area contributed by atoms with Gasteiger partial charge in [-0.2, -0.15) is 0 Å². The quantitative estimate of drug-likeness (QED) is 0.703. The fraction of sp³-hybridized carbons (Fsp3) is 0. The van der Waals surface area contributed by atoms with E-state index in [1.54, 1.807) is 24.8 Å². The summed E-state index contributed by atoms with van der Waals surface area (Å²) in [6, 6.07) is 11.4. The van der Waals surface area contributed by atoms with E-state index >= 15 is 0 Å². The Morgan fingerprint density at radius 3 is 0.750 bits per heavy atom. The molecule has 0 amide bonds. The average molecular weight is 418 g/mol. The zero-order chi connectivity index (χ0) is 8.49. The van der Waals surface area contributed by atoms with Gasteiger partial charge in [0.1, 0.15) is 0 Å². The molecule has 0 bridgehead atoms. The van der Waals surface area contributed by atoms with Crippen molar-refractivity contribution in [2.75, 3.05) is 0 Å². The fourth-order valence-corrected chi connectivity index (χ4v) is 0.625. The molecule has 16 heavy (non-hydrogen) atoms. The van der Waals surface area contributed by atoms with E-state index in [-0.39, 0.29) is 57.1 Å². The summed E-state index contributed by atoms with van der Waals surface area (Å²) < 4.78 is 0. The Labute approximate surface area is 128 Å². The Morgan fingerprint density at radius 1 is 0.438 bits per heavy atom. The van der Waals surface area contributed by atoms with Crippen molar-refractivity contribution in [2.45, 2.75) is 0 Å². The Kier molecular flexibility index (Phi) is 31.2. The van der Waals surface area contributed by atoms with Crippen molar-refractivity contribution in [3.05, 3.63) is 61.2 Å². The number of rotatable bonds is 0. The van der Waals surface area contributed by atoms with E-state index in [1.807, 2.05) is 36.4 Å². The van der Waals surface area contributed by atoms with Gasteiger partial charge in [0, 0.05) is 24.8 Å². The van der Waals surface area contributed by atoms with Crippen LogP contribution in [-0.4, -0.2) is 9.97 Å². The molecule has 0 atom stereocenters. The summed E-state index contributed by atoms with van der Waals surface area (Å²) in [6.45, 7) is 0. The Balaban J connectivity index is -0.0000000720. The molecule has 2 aromatic rings. The molecule has 2 rings (SSSR count). The Morgan fingerprint density at radius 2 is 0.688 bits per heavy atom. The maximum absolute atomic E-state index is 3.78. The molecule has 0 aliphatic carbocycles. The molecule has 6 heteroatoms. The van der Waals surface area contributed by atoms with Gasteiger partial charge in [0.25, 0.3) is 0 Å². The van der Waals surface area contributed by atoms with Crippen LogP contribution >= 0.6 is 50.9 Å². The zero-order valence-electron chi connectivity index (χ0n) is 8.60. The lowest BCUT2D eigenvalue weighted by Crippen LogP contribution is -1.58. The molecule has 3 nitrogen and oxygen atoms in total. The lowest BCUT2D eigenvalue weighted by Gasteiger charge is -1.70. The van der Waals surface area contributed by atoms with Crippen LogP contribution < -0.4 is 6.15 Å². The summed E-state index contributed by atoms with van der Waals surface area (Å²) in [5.41, 5.74) is 0. The van der Waals surface area contributed by atoms with Gasteiger partial charge in [-0.1, -0.05) is 12.1 Å². The van der Waals surface area contributed by atoms with Crippen LogP contribution in [0.3, 0.4) is 0 Å². The maximum Gasteiger partial charge on any atom is 0.0267 e. The fourth-order valence-electron chi connectivity index (χ4n) is 0.625. The first kappa shape index (κ1) is 24.8. The molecule has 2 aromatic heterocycles. The van der Waals surface area contributed by atoms with Crippen LogP contribution in [0.25, 0.3) is 0 Å². The van der Waals surface area contributed by atoms with Crippen LogP contribution in [0, 0.1) is 0 Å². The highest BCUT2D eigenvalue weighted by molar-refractivity contribution is 8.93. The minimum atomic E-state index is 0. The van der Waals surface area contributed by atoms with Crippen molar-refractivity contribution < 1.29 is 0 Å².